The van der Waals surface area contributed by atoms with E-state index in [9.17, 15) is 23.9 Å². The minimum Gasteiger partial charge on any atom is -0.545 e. The summed E-state index contributed by atoms with van der Waals surface area (Å²) in [5.74, 6) is -1.57. The van der Waals surface area contributed by atoms with Crippen LogP contribution in [0.4, 0.5) is 9.18 Å². The molecule has 31 heavy (non-hydrogen) atoms. The molecule has 0 N–H and O–H groups in total. The first-order chi connectivity index (χ1) is 14.8. The summed E-state index contributed by atoms with van der Waals surface area (Å²) in [5, 5.41) is 10.7. The standard InChI is InChI=1S/C23H16FNO5S/c1-13-16(6-4-7-17(13)22(27)28)19-10-9-15(30-19)11-20-21(26)25(23(29)31-20)12-14-5-2-3-8-18(14)24/h2-11H,12H2,1H3,(H,27,28)/p-1/b20-11+. The van der Waals surface area contributed by atoms with Crippen LogP contribution in [0.1, 0.15) is 27.2 Å². The Kier molecular flexibility index (Phi) is 5.48. The average molecular weight is 436 g/mol. The monoisotopic (exact) mass is 436 g/mol. The molecular weight excluding hydrogens is 421 g/mol. The van der Waals surface area contributed by atoms with Gasteiger partial charge in [0.2, 0.25) is 0 Å². The molecule has 0 saturated carbocycles. The number of carbonyl (C=O) groups is 3. The van der Waals surface area contributed by atoms with Crippen LogP contribution in [0.15, 0.2) is 63.9 Å². The number of benzene rings is 2. The predicted octanol–water partition coefficient (Wildman–Crippen LogP) is 3.99. The van der Waals surface area contributed by atoms with E-state index in [1.165, 1.54) is 30.3 Å². The second kappa shape index (κ2) is 8.23. The SMILES string of the molecule is Cc1c(C(=O)[O-])cccc1-c1ccc(/C=C2/SC(=O)N(Cc3ccccc3F)C2=O)o1. The van der Waals surface area contributed by atoms with Gasteiger partial charge in [0.05, 0.1) is 17.4 Å². The van der Waals surface area contributed by atoms with E-state index in [0.717, 1.165) is 16.7 Å². The Morgan fingerprint density at radius 1 is 1.13 bits per heavy atom. The van der Waals surface area contributed by atoms with Crippen molar-refractivity contribution in [2.45, 2.75) is 13.5 Å². The third-order valence-corrected chi connectivity index (χ3v) is 5.79. The van der Waals surface area contributed by atoms with E-state index in [1.807, 2.05) is 0 Å². The Morgan fingerprint density at radius 2 is 1.90 bits per heavy atom. The predicted molar refractivity (Wildman–Crippen MR) is 111 cm³/mol. The lowest BCUT2D eigenvalue weighted by molar-refractivity contribution is -0.255. The van der Waals surface area contributed by atoms with Gasteiger partial charge in [-0.1, -0.05) is 36.4 Å². The second-order valence-electron chi connectivity index (χ2n) is 6.83. The molecule has 156 valence electrons. The number of furan rings is 1. The van der Waals surface area contributed by atoms with E-state index in [2.05, 4.69) is 0 Å². The molecule has 2 amide bonds. The lowest BCUT2D eigenvalue weighted by Crippen LogP contribution is -2.27. The van der Waals surface area contributed by atoms with E-state index < -0.39 is 22.9 Å². The molecule has 1 aliphatic rings. The molecule has 0 unspecified atom stereocenters. The highest BCUT2D eigenvalue weighted by Crippen LogP contribution is 2.35. The zero-order valence-corrected chi connectivity index (χ0v) is 17.1. The zero-order valence-electron chi connectivity index (χ0n) is 16.3. The number of aromatic carboxylic acids is 1. The van der Waals surface area contributed by atoms with Gasteiger partial charge in [-0.05, 0) is 42.4 Å². The summed E-state index contributed by atoms with van der Waals surface area (Å²) < 4.78 is 19.6. The Labute approximate surface area is 181 Å². The fourth-order valence-corrected chi connectivity index (χ4v) is 4.08. The Morgan fingerprint density at radius 3 is 2.65 bits per heavy atom. The van der Waals surface area contributed by atoms with E-state index in [4.69, 9.17) is 4.42 Å². The van der Waals surface area contributed by atoms with E-state index in [1.54, 1.807) is 37.3 Å². The van der Waals surface area contributed by atoms with Crippen molar-refractivity contribution >= 4 is 35.0 Å². The largest absolute Gasteiger partial charge is 0.545 e. The summed E-state index contributed by atoms with van der Waals surface area (Å²) in [6.07, 6.45) is 1.44. The molecule has 0 spiro atoms. The van der Waals surface area contributed by atoms with Gasteiger partial charge in [-0.2, -0.15) is 0 Å². The summed E-state index contributed by atoms with van der Waals surface area (Å²) in [6, 6.07) is 14.0. The summed E-state index contributed by atoms with van der Waals surface area (Å²) in [6.45, 7) is 1.49. The summed E-state index contributed by atoms with van der Waals surface area (Å²) in [7, 11) is 0. The third kappa shape index (κ3) is 4.02. The molecule has 0 aliphatic carbocycles. The van der Waals surface area contributed by atoms with Crippen LogP contribution in [0, 0.1) is 12.7 Å². The first-order valence-corrected chi connectivity index (χ1v) is 10.1. The lowest BCUT2D eigenvalue weighted by Gasteiger charge is -2.12. The van der Waals surface area contributed by atoms with Crippen LogP contribution in [-0.2, 0) is 11.3 Å². The molecule has 0 radical (unpaired) electrons. The molecule has 0 bridgehead atoms. The molecule has 1 aliphatic heterocycles. The Balaban J connectivity index is 1.58. The van der Waals surface area contributed by atoms with Crippen molar-refractivity contribution in [1.29, 1.82) is 0 Å². The smallest absolute Gasteiger partial charge is 0.293 e. The highest BCUT2D eigenvalue weighted by molar-refractivity contribution is 8.18. The number of amides is 2. The van der Waals surface area contributed by atoms with Gasteiger partial charge in [-0.15, -0.1) is 0 Å². The number of rotatable bonds is 5. The van der Waals surface area contributed by atoms with Gasteiger partial charge in [0.1, 0.15) is 17.3 Å². The summed E-state index contributed by atoms with van der Waals surface area (Å²) >= 11 is 0.746. The molecule has 4 rings (SSSR count). The number of thioether (sulfide) groups is 1. The number of nitrogens with zero attached hydrogens (tertiary/aromatic N) is 1. The average Bonchev–Trinajstić information content (AvgIpc) is 3.29. The fraction of sp³-hybridized carbons (Fsp3) is 0.0870. The summed E-state index contributed by atoms with van der Waals surface area (Å²) in [4.78, 5) is 37.3. The topological polar surface area (TPSA) is 90.6 Å². The van der Waals surface area contributed by atoms with Crippen LogP contribution >= 0.6 is 11.8 Å². The number of carboxylic acid groups (broad SMARTS) is 1. The fourth-order valence-electron chi connectivity index (χ4n) is 3.26. The molecule has 1 fully saturated rings. The Hall–Kier alpha value is -3.65. The van der Waals surface area contributed by atoms with Crippen molar-refractivity contribution in [3.8, 4) is 11.3 Å². The first-order valence-electron chi connectivity index (χ1n) is 9.25. The van der Waals surface area contributed by atoms with E-state index >= 15 is 0 Å². The first kappa shape index (κ1) is 20.6. The molecule has 8 heteroatoms. The minimum atomic E-state index is -1.28. The number of carbonyl (C=O) groups excluding carboxylic acids is 3. The van der Waals surface area contributed by atoms with Gasteiger partial charge in [-0.3, -0.25) is 14.5 Å². The van der Waals surface area contributed by atoms with Gasteiger partial charge in [0.15, 0.2) is 0 Å². The zero-order chi connectivity index (χ0) is 22.1. The number of imide groups is 1. The quantitative estimate of drug-likeness (QED) is 0.562. The van der Waals surface area contributed by atoms with Gasteiger partial charge < -0.3 is 14.3 Å². The number of hydrogen-bond donors (Lipinski definition) is 0. The van der Waals surface area contributed by atoms with E-state index in [-0.39, 0.29) is 22.6 Å². The molecule has 2 heterocycles. The van der Waals surface area contributed by atoms with Crippen molar-refractivity contribution < 1.29 is 28.3 Å². The van der Waals surface area contributed by atoms with Crippen LogP contribution in [0.5, 0.6) is 0 Å². The molecule has 6 nitrogen and oxygen atoms in total. The van der Waals surface area contributed by atoms with Gasteiger partial charge in [0.25, 0.3) is 11.1 Å². The molecule has 0 atom stereocenters. The van der Waals surface area contributed by atoms with Crippen molar-refractivity contribution in [2.75, 3.05) is 0 Å². The van der Waals surface area contributed by atoms with Gasteiger partial charge >= 0.3 is 0 Å². The molecular formula is C23H15FNO5S-. The van der Waals surface area contributed by atoms with E-state index in [0.29, 0.717) is 22.6 Å². The van der Waals surface area contributed by atoms with Gasteiger partial charge in [-0.25, -0.2) is 4.39 Å². The van der Waals surface area contributed by atoms with Gasteiger partial charge in [0, 0.05) is 22.8 Å². The number of hydrogen-bond acceptors (Lipinski definition) is 6. The van der Waals surface area contributed by atoms with Crippen molar-refractivity contribution in [2.24, 2.45) is 0 Å². The molecule has 1 saturated heterocycles. The van der Waals surface area contributed by atoms with Crippen molar-refractivity contribution in [3.63, 3.8) is 0 Å². The molecule has 2 aromatic carbocycles. The summed E-state index contributed by atoms with van der Waals surface area (Å²) in [5.41, 5.74) is 1.38. The highest BCUT2D eigenvalue weighted by Gasteiger charge is 2.35. The third-order valence-electron chi connectivity index (χ3n) is 4.88. The van der Waals surface area contributed by atoms with Crippen molar-refractivity contribution in [3.05, 3.63) is 87.8 Å². The Bertz CT molecular complexity index is 1250. The maximum absolute atomic E-state index is 13.9. The molecule has 3 aromatic rings. The second-order valence-corrected chi connectivity index (χ2v) is 7.82. The maximum atomic E-state index is 13.9. The normalized spacial score (nSPS) is 15.2. The molecule has 1 aromatic heterocycles. The van der Waals surface area contributed by atoms with Crippen LogP contribution in [0.25, 0.3) is 17.4 Å². The lowest BCUT2D eigenvalue weighted by atomic mass is 10.0. The minimum absolute atomic E-state index is 0.0599. The maximum Gasteiger partial charge on any atom is 0.293 e. The van der Waals surface area contributed by atoms with Crippen LogP contribution in [0.3, 0.4) is 0 Å². The van der Waals surface area contributed by atoms with Crippen molar-refractivity contribution in [1.82, 2.24) is 4.90 Å². The number of carboxylic acids is 1. The van der Waals surface area contributed by atoms with Crippen LogP contribution < -0.4 is 5.11 Å². The highest BCUT2D eigenvalue weighted by atomic mass is 32.2. The van der Waals surface area contributed by atoms with Crippen LogP contribution in [-0.4, -0.2) is 22.0 Å². The number of halogens is 1. The van der Waals surface area contributed by atoms with Crippen LogP contribution in [0.2, 0.25) is 0 Å².